The van der Waals surface area contributed by atoms with Gasteiger partial charge in [0.1, 0.15) is 11.6 Å². The number of aromatic nitrogens is 3. The van der Waals surface area contributed by atoms with E-state index in [1.165, 1.54) is 0 Å². The van der Waals surface area contributed by atoms with E-state index in [2.05, 4.69) is 50.2 Å². The number of methoxy groups -OCH3 is 1. The lowest BCUT2D eigenvalue weighted by Gasteiger charge is -2.06. The van der Waals surface area contributed by atoms with Gasteiger partial charge in [-0.05, 0) is 30.3 Å². The van der Waals surface area contributed by atoms with Crippen LogP contribution >= 0.6 is 15.9 Å². The summed E-state index contributed by atoms with van der Waals surface area (Å²) in [5.74, 6) is 1.50. The van der Waals surface area contributed by atoms with Crippen LogP contribution in [0.5, 0.6) is 5.75 Å². The Morgan fingerprint density at radius 2 is 1.67 bits per heavy atom. The predicted octanol–water partition coefficient (Wildman–Crippen LogP) is 6.73. The molecule has 0 atom stereocenters. The van der Waals surface area contributed by atoms with Gasteiger partial charge in [-0.3, -0.25) is 4.98 Å². The van der Waals surface area contributed by atoms with Crippen molar-refractivity contribution in [2.45, 2.75) is 0 Å². The van der Waals surface area contributed by atoms with Gasteiger partial charge in [0.15, 0.2) is 0 Å². The largest absolute Gasteiger partial charge is 0.496 e. The van der Waals surface area contributed by atoms with E-state index in [1.54, 1.807) is 7.11 Å². The van der Waals surface area contributed by atoms with Crippen molar-refractivity contribution in [2.24, 2.45) is 0 Å². The monoisotopic (exact) mass is 455 g/mol. The molecule has 0 aliphatic rings. The normalized spacial score (nSPS) is 11.0. The minimum absolute atomic E-state index is 0.746. The van der Waals surface area contributed by atoms with Crippen LogP contribution in [0.2, 0.25) is 0 Å². The average molecular weight is 456 g/mol. The van der Waals surface area contributed by atoms with Crippen molar-refractivity contribution in [3.8, 4) is 39.7 Å². The van der Waals surface area contributed by atoms with Gasteiger partial charge in [-0.1, -0.05) is 64.5 Å². The quantitative estimate of drug-likeness (QED) is 0.326. The third kappa shape index (κ3) is 3.37. The topological polar surface area (TPSA) is 50.8 Å². The summed E-state index contributed by atoms with van der Waals surface area (Å²) >= 11 is 3.56. The molecule has 0 unspecified atom stereocenters. The molecule has 5 rings (SSSR count). The second kappa shape index (κ2) is 7.76. The van der Waals surface area contributed by atoms with Gasteiger partial charge < -0.3 is 9.72 Å². The molecule has 0 radical (unpaired) electrons. The Hall–Kier alpha value is -3.44. The number of halogens is 1. The van der Waals surface area contributed by atoms with Gasteiger partial charge in [-0.15, -0.1) is 0 Å². The lowest BCUT2D eigenvalue weighted by Crippen LogP contribution is -1.89. The SMILES string of the molecule is COc1ccc(Br)cc1-c1nc(-c2cnc3ccccc3c2)c(-c2ccccc2)[nH]1. The number of rotatable bonds is 4. The van der Waals surface area contributed by atoms with E-state index in [4.69, 9.17) is 9.72 Å². The number of hydrogen-bond donors (Lipinski definition) is 1. The first kappa shape index (κ1) is 18.6. The summed E-state index contributed by atoms with van der Waals surface area (Å²) in [5.41, 5.74) is 5.69. The van der Waals surface area contributed by atoms with E-state index in [0.717, 1.165) is 55.0 Å². The molecule has 5 aromatic rings. The van der Waals surface area contributed by atoms with Crippen molar-refractivity contribution in [1.29, 1.82) is 0 Å². The zero-order valence-electron chi connectivity index (χ0n) is 16.3. The van der Waals surface area contributed by atoms with E-state index in [9.17, 15) is 0 Å². The molecule has 30 heavy (non-hydrogen) atoms. The number of hydrogen-bond acceptors (Lipinski definition) is 3. The maximum atomic E-state index is 5.58. The van der Waals surface area contributed by atoms with E-state index in [0.29, 0.717) is 0 Å². The highest BCUT2D eigenvalue weighted by Crippen LogP contribution is 2.37. The fraction of sp³-hybridized carbons (Fsp3) is 0.0400. The van der Waals surface area contributed by atoms with Crippen LogP contribution < -0.4 is 4.74 Å². The minimum atomic E-state index is 0.746. The van der Waals surface area contributed by atoms with Gasteiger partial charge in [-0.2, -0.15) is 0 Å². The molecule has 146 valence electrons. The van der Waals surface area contributed by atoms with Crippen LogP contribution in [-0.2, 0) is 0 Å². The molecule has 4 nitrogen and oxygen atoms in total. The molecule has 2 aromatic heterocycles. The van der Waals surface area contributed by atoms with Gasteiger partial charge in [0.25, 0.3) is 0 Å². The Morgan fingerprint density at radius 3 is 2.50 bits per heavy atom. The first-order valence-corrected chi connectivity index (χ1v) is 10.4. The molecule has 1 N–H and O–H groups in total. The van der Waals surface area contributed by atoms with Gasteiger partial charge >= 0.3 is 0 Å². The van der Waals surface area contributed by atoms with Crippen LogP contribution in [0, 0.1) is 0 Å². The standard InChI is InChI=1S/C25H18BrN3O/c1-30-22-12-11-19(26)14-20(22)25-28-23(16-7-3-2-4-8-16)24(29-25)18-13-17-9-5-6-10-21(17)27-15-18/h2-15H,1H3,(H,28,29). The summed E-state index contributed by atoms with van der Waals surface area (Å²) in [7, 11) is 1.67. The van der Waals surface area contributed by atoms with Crippen LogP contribution in [0.1, 0.15) is 0 Å². The molecule has 0 amide bonds. The highest BCUT2D eigenvalue weighted by molar-refractivity contribution is 9.10. The Kier molecular flexibility index (Phi) is 4.81. The number of imidazole rings is 1. The highest BCUT2D eigenvalue weighted by atomic mass is 79.9. The third-order valence-electron chi connectivity index (χ3n) is 5.05. The minimum Gasteiger partial charge on any atom is -0.496 e. The molecule has 3 aromatic carbocycles. The molecular weight excluding hydrogens is 438 g/mol. The van der Waals surface area contributed by atoms with Crippen molar-refractivity contribution < 1.29 is 4.74 Å². The Labute approximate surface area is 182 Å². The Morgan fingerprint density at radius 1 is 0.867 bits per heavy atom. The molecular formula is C25H18BrN3O. The number of nitrogens with zero attached hydrogens (tertiary/aromatic N) is 2. The molecule has 0 saturated heterocycles. The third-order valence-corrected chi connectivity index (χ3v) is 5.54. The van der Waals surface area contributed by atoms with Gasteiger partial charge in [0.05, 0.1) is 29.6 Å². The summed E-state index contributed by atoms with van der Waals surface area (Å²) in [6, 6.07) is 26.3. The lowest BCUT2D eigenvalue weighted by atomic mass is 10.0. The first-order valence-electron chi connectivity index (χ1n) is 9.57. The molecule has 0 fully saturated rings. The summed E-state index contributed by atoms with van der Waals surface area (Å²) in [6.07, 6.45) is 1.88. The number of H-pyrrole nitrogens is 1. The maximum absolute atomic E-state index is 5.58. The summed E-state index contributed by atoms with van der Waals surface area (Å²) in [6.45, 7) is 0. The lowest BCUT2D eigenvalue weighted by molar-refractivity contribution is 0.416. The number of fused-ring (bicyclic) bond motifs is 1. The fourth-order valence-corrected chi connectivity index (χ4v) is 3.95. The smallest absolute Gasteiger partial charge is 0.142 e. The Bertz CT molecular complexity index is 1350. The van der Waals surface area contributed by atoms with E-state index >= 15 is 0 Å². The van der Waals surface area contributed by atoms with Crippen LogP contribution in [0.3, 0.4) is 0 Å². The maximum Gasteiger partial charge on any atom is 0.142 e. The van der Waals surface area contributed by atoms with E-state index in [-0.39, 0.29) is 0 Å². The second-order valence-electron chi connectivity index (χ2n) is 6.94. The van der Waals surface area contributed by atoms with Crippen LogP contribution in [0.25, 0.3) is 44.8 Å². The predicted molar refractivity (Wildman–Crippen MR) is 124 cm³/mol. The zero-order chi connectivity index (χ0) is 20.5. The van der Waals surface area contributed by atoms with Crippen molar-refractivity contribution in [1.82, 2.24) is 15.0 Å². The molecule has 0 aliphatic carbocycles. The van der Waals surface area contributed by atoms with Crippen molar-refractivity contribution in [2.75, 3.05) is 7.11 Å². The van der Waals surface area contributed by atoms with Gasteiger partial charge in [-0.25, -0.2) is 4.98 Å². The summed E-state index contributed by atoms with van der Waals surface area (Å²) < 4.78 is 6.54. The molecule has 5 heteroatoms. The summed E-state index contributed by atoms with van der Waals surface area (Å²) in [5, 5.41) is 1.08. The first-order chi connectivity index (χ1) is 14.7. The number of benzene rings is 3. The second-order valence-corrected chi connectivity index (χ2v) is 7.85. The van der Waals surface area contributed by atoms with Crippen molar-refractivity contribution in [3.63, 3.8) is 0 Å². The summed E-state index contributed by atoms with van der Waals surface area (Å²) in [4.78, 5) is 13.1. The van der Waals surface area contributed by atoms with Crippen molar-refractivity contribution in [3.05, 3.63) is 89.5 Å². The van der Waals surface area contributed by atoms with Crippen molar-refractivity contribution >= 4 is 26.8 Å². The number of ether oxygens (including phenoxy) is 1. The average Bonchev–Trinajstić information content (AvgIpc) is 3.25. The van der Waals surface area contributed by atoms with Crippen LogP contribution in [0.15, 0.2) is 89.5 Å². The fourth-order valence-electron chi connectivity index (χ4n) is 3.59. The van der Waals surface area contributed by atoms with Crippen LogP contribution in [-0.4, -0.2) is 22.1 Å². The number of para-hydroxylation sites is 1. The number of nitrogens with one attached hydrogen (secondary N) is 1. The number of pyridine rings is 1. The van der Waals surface area contributed by atoms with E-state index in [1.807, 2.05) is 60.8 Å². The van der Waals surface area contributed by atoms with Gasteiger partial charge in [0, 0.05) is 27.2 Å². The van der Waals surface area contributed by atoms with E-state index < -0.39 is 0 Å². The molecule has 0 bridgehead atoms. The molecule has 0 saturated carbocycles. The van der Waals surface area contributed by atoms with Crippen LogP contribution in [0.4, 0.5) is 0 Å². The molecule has 0 aliphatic heterocycles. The Balaban J connectivity index is 1.74. The highest BCUT2D eigenvalue weighted by Gasteiger charge is 2.18. The molecule has 2 heterocycles. The molecule has 0 spiro atoms. The number of aromatic amines is 1. The van der Waals surface area contributed by atoms with Gasteiger partial charge in [0.2, 0.25) is 0 Å². The zero-order valence-corrected chi connectivity index (χ0v) is 17.8.